The molecule has 0 aromatic heterocycles. The van der Waals surface area contributed by atoms with E-state index in [2.05, 4.69) is 91.3 Å². The lowest BCUT2D eigenvalue weighted by atomic mass is 9.87. The lowest BCUT2D eigenvalue weighted by molar-refractivity contribution is -0.156. The summed E-state index contributed by atoms with van der Waals surface area (Å²) >= 11 is 5.67. The minimum absolute atomic E-state index is 0.0584. The highest BCUT2D eigenvalue weighted by molar-refractivity contribution is 6.65. The Kier molecular flexibility index (Phi) is 26.1. The average Bonchev–Trinajstić information content (AvgIpc) is 3.47. The van der Waals surface area contributed by atoms with Gasteiger partial charge >= 0.3 is 11.9 Å². The van der Waals surface area contributed by atoms with Crippen molar-refractivity contribution >= 4 is 34.7 Å². The van der Waals surface area contributed by atoms with Gasteiger partial charge in [-0.15, -0.1) is 0 Å². The van der Waals surface area contributed by atoms with Crippen molar-refractivity contribution in [2.75, 3.05) is 61.0 Å². The molecular formula is C64H80ClN5O6. The third kappa shape index (κ3) is 18.7. The molecule has 2 aliphatic heterocycles. The molecule has 0 radical (unpaired) electrons. The maximum Gasteiger partial charge on any atom is 0.328 e. The van der Waals surface area contributed by atoms with Crippen LogP contribution < -0.4 is 5.32 Å². The maximum atomic E-state index is 14.0. The molecule has 0 aliphatic carbocycles. The number of esters is 2. The number of nitrogens with one attached hydrogen (secondary N) is 1. The topological polar surface area (TPSA) is 112 Å². The van der Waals surface area contributed by atoms with Crippen LogP contribution in [-0.2, 0) is 41.7 Å². The number of carbonyl (C=O) groups excluding carboxylic acids is 4. The first kappa shape index (κ1) is 60.4. The Morgan fingerprint density at radius 1 is 0.539 bits per heavy atom. The second kappa shape index (κ2) is 32.9. The van der Waals surface area contributed by atoms with Crippen molar-refractivity contribution in [3.05, 3.63) is 215 Å². The molecule has 8 rings (SSSR count). The Bertz CT molecular complexity index is 2490. The Balaban J connectivity index is 0.000000214. The monoisotopic (exact) mass is 1050 g/mol. The van der Waals surface area contributed by atoms with Crippen LogP contribution in [0.25, 0.3) is 0 Å². The number of halogens is 1. The average molecular weight is 1050 g/mol. The van der Waals surface area contributed by atoms with Crippen LogP contribution in [0.15, 0.2) is 182 Å². The van der Waals surface area contributed by atoms with Crippen molar-refractivity contribution in [2.45, 2.75) is 95.5 Å². The van der Waals surface area contributed by atoms with E-state index in [0.29, 0.717) is 19.0 Å². The molecule has 0 spiro atoms. The number of carbonyl (C=O) groups is 4. The molecule has 6 aromatic rings. The van der Waals surface area contributed by atoms with E-state index in [9.17, 15) is 19.2 Å². The number of likely N-dealkylation sites (tertiary alicyclic amines) is 1. The quantitative estimate of drug-likeness (QED) is 0.0700. The van der Waals surface area contributed by atoms with E-state index in [1.807, 2.05) is 146 Å². The molecule has 404 valence electrons. The van der Waals surface area contributed by atoms with Gasteiger partial charge < -0.3 is 24.6 Å². The summed E-state index contributed by atoms with van der Waals surface area (Å²) < 4.78 is 9.97. The fourth-order valence-corrected chi connectivity index (χ4v) is 10.2. The van der Waals surface area contributed by atoms with E-state index in [1.165, 1.54) is 45.0 Å². The summed E-state index contributed by atoms with van der Waals surface area (Å²) in [7, 11) is 7.05. The predicted molar refractivity (Wildman–Crippen MR) is 307 cm³/mol. The Morgan fingerprint density at radius 3 is 1.26 bits per heavy atom. The van der Waals surface area contributed by atoms with Gasteiger partial charge in [-0.2, -0.15) is 0 Å². The molecule has 2 fully saturated rings. The number of hydrogen-bond donors (Lipinski definition) is 1. The largest absolute Gasteiger partial charge is 0.468 e. The molecule has 2 saturated heterocycles. The van der Waals surface area contributed by atoms with E-state index in [-0.39, 0.29) is 41.1 Å². The van der Waals surface area contributed by atoms with E-state index in [1.54, 1.807) is 4.90 Å². The number of amides is 1. The highest BCUT2D eigenvalue weighted by atomic mass is 35.5. The molecule has 2 heterocycles. The summed E-state index contributed by atoms with van der Waals surface area (Å²) in [6.07, 6.45) is 3.24. The van der Waals surface area contributed by atoms with Crippen molar-refractivity contribution in [3.63, 3.8) is 0 Å². The second-order valence-electron chi connectivity index (χ2n) is 19.2. The molecule has 4 atom stereocenters. The van der Waals surface area contributed by atoms with Gasteiger partial charge in [-0.1, -0.05) is 203 Å². The third-order valence-corrected chi connectivity index (χ3v) is 14.6. The van der Waals surface area contributed by atoms with Crippen LogP contribution in [-0.4, -0.2) is 128 Å². The zero-order valence-corrected chi connectivity index (χ0v) is 46.4. The normalized spacial score (nSPS) is 17.1. The lowest BCUT2D eigenvalue weighted by Crippen LogP contribution is -2.55. The zero-order chi connectivity index (χ0) is 54.7. The van der Waals surface area contributed by atoms with E-state index in [4.69, 9.17) is 21.1 Å². The summed E-state index contributed by atoms with van der Waals surface area (Å²) in [6, 6.07) is 59.3. The standard InChI is InChI=1S/C29H32N2O3.C15H22N2O2.C14H11ClO.C6H15N/c1-30(21-22-12-6-3-7-13-22)25-18-19-31(26(20-25)29(33)34-2)28(32)27(23-14-8-4-9-15-23)24-16-10-5-11-17-24;1-17(11-12-6-4-3-5-7-12)13-8-9-16-14(10-13)15(18)19-2;15-14(16)13(11-7-3-1-4-8-11)12-9-5-2-6-10-12;1-4-7(5-2)6-3/h3-17,25-27H,18-21H2,1-2H3;3-7,13-14,16H,8-11H2,1-2H3;1-10,13H;4-6H2,1-3H3/t25-,26+;13-,14+;;/m11../s1. The van der Waals surface area contributed by atoms with Gasteiger partial charge in [0.2, 0.25) is 11.1 Å². The first-order valence-electron chi connectivity index (χ1n) is 26.7. The summed E-state index contributed by atoms with van der Waals surface area (Å²) in [5.41, 5.74) is 6.23. The second-order valence-corrected chi connectivity index (χ2v) is 19.6. The first-order chi connectivity index (χ1) is 36.9. The molecule has 0 unspecified atom stereocenters. The number of methoxy groups -OCH3 is 2. The molecule has 0 bridgehead atoms. The van der Waals surface area contributed by atoms with Gasteiger partial charge in [0.25, 0.3) is 0 Å². The van der Waals surface area contributed by atoms with Crippen LogP contribution in [0, 0.1) is 0 Å². The molecular weight excluding hydrogens is 970 g/mol. The molecule has 2 aliphatic rings. The molecule has 6 aromatic carbocycles. The fraction of sp³-hybridized carbons (Fsp3) is 0.375. The summed E-state index contributed by atoms with van der Waals surface area (Å²) in [5.74, 6) is -1.40. The van der Waals surface area contributed by atoms with Crippen molar-refractivity contribution in [1.29, 1.82) is 0 Å². The van der Waals surface area contributed by atoms with Gasteiger partial charge in [-0.25, -0.2) is 4.79 Å². The van der Waals surface area contributed by atoms with Crippen molar-refractivity contribution in [2.24, 2.45) is 0 Å². The Morgan fingerprint density at radius 2 is 0.908 bits per heavy atom. The van der Waals surface area contributed by atoms with Crippen molar-refractivity contribution in [1.82, 2.24) is 24.9 Å². The summed E-state index contributed by atoms with van der Waals surface area (Å²) in [6.45, 7) is 13.2. The van der Waals surface area contributed by atoms with Gasteiger partial charge in [-0.05, 0) is 111 Å². The number of benzene rings is 6. The first-order valence-corrected chi connectivity index (χ1v) is 27.1. The number of piperidine rings is 2. The molecule has 12 heteroatoms. The van der Waals surface area contributed by atoms with Crippen LogP contribution in [0.4, 0.5) is 0 Å². The van der Waals surface area contributed by atoms with Crippen LogP contribution >= 0.6 is 11.6 Å². The lowest BCUT2D eigenvalue weighted by Gasteiger charge is -2.42. The predicted octanol–water partition coefficient (Wildman–Crippen LogP) is 10.8. The smallest absolute Gasteiger partial charge is 0.328 e. The van der Waals surface area contributed by atoms with E-state index >= 15 is 0 Å². The van der Waals surface area contributed by atoms with Gasteiger partial charge in [-0.3, -0.25) is 24.2 Å². The molecule has 11 nitrogen and oxygen atoms in total. The van der Waals surface area contributed by atoms with Gasteiger partial charge in [0.05, 0.1) is 26.1 Å². The van der Waals surface area contributed by atoms with Crippen LogP contribution in [0.1, 0.15) is 91.7 Å². The minimum Gasteiger partial charge on any atom is -0.468 e. The maximum absolute atomic E-state index is 14.0. The third-order valence-electron chi connectivity index (χ3n) is 14.3. The number of hydrogen-bond acceptors (Lipinski definition) is 10. The molecule has 76 heavy (non-hydrogen) atoms. The van der Waals surface area contributed by atoms with Crippen molar-refractivity contribution in [3.8, 4) is 0 Å². The van der Waals surface area contributed by atoms with Crippen molar-refractivity contribution < 1.29 is 28.7 Å². The van der Waals surface area contributed by atoms with Crippen LogP contribution in [0.2, 0.25) is 0 Å². The number of nitrogens with zero attached hydrogens (tertiary/aromatic N) is 4. The Labute approximate surface area is 458 Å². The van der Waals surface area contributed by atoms with Gasteiger partial charge in [0.15, 0.2) is 0 Å². The molecule has 1 N–H and O–H groups in total. The van der Waals surface area contributed by atoms with Gasteiger partial charge in [0, 0.05) is 31.7 Å². The van der Waals surface area contributed by atoms with E-state index in [0.717, 1.165) is 61.2 Å². The molecule has 1 amide bonds. The zero-order valence-electron chi connectivity index (χ0n) is 45.7. The van der Waals surface area contributed by atoms with Gasteiger partial charge in [0.1, 0.15) is 12.1 Å². The summed E-state index contributed by atoms with van der Waals surface area (Å²) in [4.78, 5) is 58.7. The number of ether oxygens (including phenoxy) is 2. The summed E-state index contributed by atoms with van der Waals surface area (Å²) in [5, 5.41) is 2.87. The minimum atomic E-state index is -0.607. The molecule has 0 saturated carbocycles. The van der Waals surface area contributed by atoms with Crippen LogP contribution in [0.5, 0.6) is 0 Å². The Hall–Kier alpha value is -6.47. The SMILES string of the molecule is CCN(CC)CC.COC(=O)[C@@H]1C[C@H](N(C)Cc2ccccc2)CCN1.COC(=O)[C@@H]1C[C@H](N(C)Cc2ccccc2)CCN1C(=O)C(c1ccccc1)c1ccccc1.O=C(Cl)C(c1ccccc1)c1ccccc1. The highest BCUT2D eigenvalue weighted by Gasteiger charge is 2.41. The van der Waals surface area contributed by atoms with E-state index < -0.39 is 12.0 Å². The fourth-order valence-electron chi connectivity index (χ4n) is 9.94. The highest BCUT2D eigenvalue weighted by Crippen LogP contribution is 2.32. The van der Waals surface area contributed by atoms with Crippen LogP contribution in [0.3, 0.4) is 0 Å². The number of rotatable bonds is 17.